The predicted octanol–water partition coefficient (Wildman–Crippen LogP) is 11.5. The van der Waals surface area contributed by atoms with Crippen LogP contribution in [-0.4, -0.2) is 34.6 Å². The fraction of sp³-hybridized carbons (Fsp3) is 0.333. The zero-order valence-corrected chi connectivity index (χ0v) is 36.1. The highest BCUT2D eigenvalue weighted by Gasteiger charge is 2.80. The van der Waals surface area contributed by atoms with Gasteiger partial charge in [0, 0.05) is 29.6 Å². The molecule has 1 fully saturated rings. The van der Waals surface area contributed by atoms with Gasteiger partial charge in [-0.15, -0.1) is 0 Å². The molecule has 1 saturated carbocycles. The average molecular weight is 826 g/mol. The van der Waals surface area contributed by atoms with Crippen LogP contribution in [0.15, 0.2) is 218 Å². The molecule has 14 rings (SSSR count). The molecule has 2 spiro atoms. The zero-order valence-electron chi connectivity index (χ0n) is 36.1. The van der Waals surface area contributed by atoms with E-state index in [9.17, 15) is 0 Å². The first-order valence-corrected chi connectivity index (χ1v) is 23.6. The third-order valence-electron chi connectivity index (χ3n) is 16.3. The molecule has 7 aliphatic carbocycles. The molecule has 6 aliphatic heterocycles. The molecule has 6 heteroatoms. The van der Waals surface area contributed by atoms with Crippen molar-refractivity contribution in [3.63, 3.8) is 0 Å². The Morgan fingerprint density at radius 1 is 0.873 bits per heavy atom. The number of amidine groups is 1. The van der Waals surface area contributed by atoms with E-state index < -0.39 is 5.41 Å². The van der Waals surface area contributed by atoms with Gasteiger partial charge in [-0.05, 0) is 128 Å². The molecule has 4 bridgehead atoms. The maximum absolute atomic E-state index is 7.66. The van der Waals surface area contributed by atoms with Crippen LogP contribution in [0, 0.1) is 28.6 Å². The van der Waals surface area contributed by atoms with Crippen LogP contribution in [0.1, 0.15) is 76.4 Å². The number of benzene rings is 1. The van der Waals surface area contributed by atoms with Crippen LogP contribution in [0.2, 0.25) is 0 Å². The second-order valence-corrected chi connectivity index (χ2v) is 19.6. The summed E-state index contributed by atoms with van der Waals surface area (Å²) in [7, 11) is 0. The number of nitrogens with one attached hydrogen (secondary N) is 2. The molecule has 314 valence electrons. The van der Waals surface area contributed by atoms with Gasteiger partial charge in [-0.25, -0.2) is 4.99 Å². The summed E-state index contributed by atoms with van der Waals surface area (Å²) in [6.07, 6.45) is 58.5. The lowest BCUT2D eigenvalue weighted by molar-refractivity contribution is 0.0462. The normalized spacial score (nSPS) is 37.8. The lowest BCUT2D eigenvalue weighted by Gasteiger charge is -2.44. The minimum atomic E-state index is -0.477. The molecule has 0 radical (unpaired) electrons. The third kappa shape index (κ3) is 5.55. The second-order valence-electron chi connectivity index (χ2n) is 19.6. The van der Waals surface area contributed by atoms with Crippen molar-refractivity contribution in [3.8, 4) is 0 Å². The number of hydrogen-bond donors (Lipinski definition) is 2. The van der Waals surface area contributed by atoms with Gasteiger partial charge in [-0.3, -0.25) is 4.99 Å². The van der Waals surface area contributed by atoms with Crippen LogP contribution in [0.5, 0.6) is 0 Å². The number of nitrogens with zero attached hydrogens (tertiary/aromatic N) is 3. The number of allylic oxidation sites excluding steroid dienone is 19. The van der Waals surface area contributed by atoms with E-state index in [-0.39, 0.29) is 35.2 Å². The van der Waals surface area contributed by atoms with Crippen LogP contribution in [0.3, 0.4) is 0 Å². The first-order valence-electron chi connectivity index (χ1n) is 23.6. The van der Waals surface area contributed by atoms with Crippen LogP contribution in [-0.2, 0) is 4.74 Å². The molecule has 8 unspecified atom stereocenters. The molecule has 13 aliphatic rings. The average Bonchev–Trinajstić information content (AvgIpc) is 3.83. The van der Waals surface area contributed by atoms with Gasteiger partial charge >= 0.3 is 0 Å². The fourth-order valence-corrected chi connectivity index (χ4v) is 13.2. The van der Waals surface area contributed by atoms with E-state index in [1.807, 2.05) is 0 Å². The van der Waals surface area contributed by atoms with Gasteiger partial charge in [-0.1, -0.05) is 134 Å². The molecular formula is C57H55N5O. The van der Waals surface area contributed by atoms with Gasteiger partial charge in [-0.2, -0.15) is 0 Å². The van der Waals surface area contributed by atoms with Gasteiger partial charge in [0.2, 0.25) is 0 Å². The van der Waals surface area contributed by atoms with Crippen molar-refractivity contribution in [3.05, 3.63) is 214 Å². The number of fused-ring (bicyclic) bond motifs is 2. The Morgan fingerprint density at radius 2 is 1.79 bits per heavy atom. The van der Waals surface area contributed by atoms with E-state index in [0.717, 1.165) is 85.5 Å². The van der Waals surface area contributed by atoms with E-state index in [0.29, 0.717) is 11.8 Å². The summed E-state index contributed by atoms with van der Waals surface area (Å²) in [4.78, 5) is 13.9. The Hall–Kier alpha value is -6.14. The third-order valence-corrected chi connectivity index (χ3v) is 16.3. The molecule has 63 heavy (non-hydrogen) atoms. The summed E-state index contributed by atoms with van der Waals surface area (Å²) in [5.41, 5.74) is 10.7. The standard InChI is InChI=1S/C57H55N5O/c1-55(28-13-5-14-29-55)62-32-27-47-44(34-41-21-11-12-24-46(41)62)49-43-26-31-56(51(49)63-47)48-25-10-4-15-30-57(48,56)54-60-52(38-19-8-3-9-20-38)59-53(61-54)45-35-42(36-58-50(43)45)40-23-16-22-39(33-40)37-17-6-2-7-18-37/h2-4,6-10,13,15-17,19-21,23-28,30,32-33,35-37,39,49-52,59H,5,11-12,14,18,22,29,31,34H2,1H3,(H,60,61)/b32-27-,53-45?/t37?,39?,49?,50?,51?,52?,55?,56?,57-/m0/s1. The minimum Gasteiger partial charge on any atom is -0.488 e. The highest BCUT2D eigenvalue weighted by atomic mass is 16.5. The lowest BCUT2D eigenvalue weighted by atomic mass is 9.66. The van der Waals surface area contributed by atoms with E-state index in [1.165, 1.54) is 40.0 Å². The summed E-state index contributed by atoms with van der Waals surface area (Å²) >= 11 is 0. The Kier molecular flexibility index (Phi) is 8.43. The van der Waals surface area contributed by atoms with Crippen LogP contribution in [0.25, 0.3) is 0 Å². The van der Waals surface area contributed by atoms with Gasteiger partial charge < -0.3 is 20.3 Å². The van der Waals surface area contributed by atoms with Crippen molar-refractivity contribution in [2.45, 2.75) is 88.6 Å². The molecule has 1 aromatic rings. The Balaban J connectivity index is 0.995. The number of dihydropyridines is 1. The van der Waals surface area contributed by atoms with Crippen molar-refractivity contribution in [2.24, 2.45) is 38.6 Å². The van der Waals surface area contributed by atoms with Crippen LogP contribution in [0.4, 0.5) is 0 Å². The number of rotatable bonds is 4. The summed E-state index contributed by atoms with van der Waals surface area (Å²) in [5.74, 6) is 4.01. The smallest absolute Gasteiger partial charge is 0.147 e. The first kappa shape index (κ1) is 37.4. The fourth-order valence-electron chi connectivity index (χ4n) is 13.2. The largest absolute Gasteiger partial charge is 0.488 e. The molecule has 9 atom stereocenters. The highest BCUT2D eigenvalue weighted by Crippen LogP contribution is 2.79. The minimum absolute atomic E-state index is 0.0441. The van der Waals surface area contributed by atoms with E-state index in [4.69, 9.17) is 14.7 Å². The molecule has 0 saturated heterocycles. The molecule has 6 nitrogen and oxygen atoms in total. The van der Waals surface area contributed by atoms with Crippen LogP contribution >= 0.6 is 0 Å². The van der Waals surface area contributed by atoms with Crippen molar-refractivity contribution >= 4 is 12.1 Å². The Bertz CT molecular complexity index is 2750. The maximum atomic E-state index is 7.66. The summed E-state index contributed by atoms with van der Waals surface area (Å²) in [6.45, 7) is 2.41. The van der Waals surface area contributed by atoms with Crippen LogP contribution < -0.4 is 10.6 Å². The molecule has 6 heterocycles. The monoisotopic (exact) mass is 825 g/mol. The topological polar surface area (TPSA) is 61.2 Å². The number of aliphatic imine (C=N–C) groups is 2. The SMILES string of the molecule is CC1(N2/C=C\C3=C(CC4=CCCC=C42)C2C4=CCC5(C6=CC=CC=C[C@@]65C5=NC(c6ccccc6)NC(=C6C=C(C7=CC(C8C=CC=CC8)CC=C7)C=NC46)N5)C2O3)C=CCCC1. The molecule has 0 aromatic heterocycles. The highest BCUT2D eigenvalue weighted by molar-refractivity contribution is 6.03. The van der Waals surface area contributed by atoms with Crippen molar-refractivity contribution < 1.29 is 4.74 Å². The van der Waals surface area contributed by atoms with E-state index >= 15 is 0 Å². The van der Waals surface area contributed by atoms with Gasteiger partial charge in [0.1, 0.15) is 35.7 Å². The second kappa shape index (κ2) is 14.2. The first-order chi connectivity index (χ1) is 31.0. The Labute approximate surface area is 371 Å². The zero-order chi connectivity index (χ0) is 41.8. The van der Waals surface area contributed by atoms with E-state index in [1.54, 1.807) is 0 Å². The molecular weight excluding hydrogens is 771 g/mol. The summed E-state index contributed by atoms with van der Waals surface area (Å²) in [6, 6.07) is 10.5. The lowest BCUT2D eigenvalue weighted by Crippen LogP contribution is -2.50. The molecule has 1 aromatic carbocycles. The quantitative estimate of drug-likeness (QED) is 0.297. The van der Waals surface area contributed by atoms with Gasteiger partial charge in [0.25, 0.3) is 0 Å². The number of hydrogen-bond acceptors (Lipinski definition) is 6. The summed E-state index contributed by atoms with van der Waals surface area (Å²) in [5, 5.41) is 7.98. The Morgan fingerprint density at radius 3 is 2.68 bits per heavy atom. The summed E-state index contributed by atoms with van der Waals surface area (Å²) < 4.78 is 7.66. The molecule has 2 N–H and O–H groups in total. The van der Waals surface area contributed by atoms with Gasteiger partial charge in [0.05, 0.1) is 16.4 Å². The predicted molar refractivity (Wildman–Crippen MR) is 254 cm³/mol. The van der Waals surface area contributed by atoms with Gasteiger partial charge in [0.15, 0.2) is 0 Å². The number of ether oxygens (including phenoxy) is 1. The van der Waals surface area contributed by atoms with Crippen molar-refractivity contribution in [1.82, 2.24) is 15.5 Å². The van der Waals surface area contributed by atoms with Crippen molar-refractivity contribution in [2.75, 3.05) is 0 Å². The molecule has 0 amide bonds. The van der Waals surface area contributed by atoms with E-state index in [2.05, 4.69) is 181 Å². The van der Waals surface area contributed by atoms with Crippen molar-refractivity contribution in [1.29, 1.82) is 0 Å². The maximum Gasteiger partial charge on any atom is 0.147 e.